The van der Waals surface area contributed by atoms with Crippen LogP contribution in [0.1, 0.15) is 31.7 Å². The number of nitrogens with zero attached hydrogens (tertiary/aromatic N) is 2. The van der Waals surface area contributed by atoms with Crippen molar-refractivity contribution in [2.75, 3.05) is 39.3 Å². The molecule has 1 heterocycles. The molecule has 1 unspecified atom stereocenters. The van der Waals surface area contributed by atoms with E-state index in [-0.39, 0.29) is 36.5 Å². The zero-order valence-electron chi connectivity index (χ0n) is 16.1. The molecule has 1 saturated carbocycles. The van der Waals surface area contributed by atoms with Crippen molar-refractivity contribution in [2.24, 2.45) is 5.92 Å². The van der Waals surface area contributed by atoms with E-state index in [1.165, 1.54) is 5.57 Å². The summed E-state index contributed by atoms with van der Waals surface area (Å²) in [4.78, 5) is 17.7. The highest BCUT2D eigenvalue weighted by Gasteiger charge is 2.47. The second-order valence-corrected chi connectivity index (χ2v) is 7.69. The highest BCUT2D eigenvalue weighted by Crippen LogP contribution is 2.43. The Labute approximate surface area is 175 Å². The Hall–Kier alpha value is -0.910. The van der Waals surface area contributed by atoms with Gasteiger partial charge in [0.15, 0.2) is 11.4 Å². The number of aliphatic hydroxyl groups is 1. The van der Waals surface area contributed by atoms with E-state index < -0.39 is 5.60 Å². The van der Waals surface area contributed by atoms with Crippen molar-refractivity contribution in [3.8, 4) is 0 Å². The first-order valence-corrected chi connectivity index (χ1v) is 9.40. The molecule has 3 rings (SSSR count). The van der Waals surface area contributed by atoms with Crippen molar-refractivity contribution in [3.63, 3.8) is 0 Å². The molecule has 27 heavy (non-hydrogen) atoms. The molecule has 152 valence electrons. The van der Waals surface area contributed by atoms with Crippen LogP contribution in [-0.4, -0.2) is 60.0 Å². The van der Waals surface area contributed by atoms with E-state index in [1.807, 2.05) is 30.3 Å². The third-order valence-electron chi connectivity index (χ3n) is 5.66. The normalized spacial score (nSPS) is 20.5. The van der Waals surface area contributed by atoms with Crippen LogP contribution in [0.15, 0.2) is 42.5 Å². The minimum absolute atomic E-state index is 0. The number of Topliss-reactive ketones (excluding diaryl/α,β-unsaturated/α-hetero) is 1. The maximum Gasteiger partial charge on any atom is 0.183 e. The van der Waals surface area contributed by atoms with Gasteiger partial charge in [-0.25, -0.2) is 0 Å². The summed E-state index contributed by atoms with van der Waals surface area (Å²) in [6.07, 6.45) is 2.97. The van der Waals surface area contributed by atoms with Crippen molar-refractivity contribution < 1.29 is 9.90 Å². The number of carbonyl (C=O) groups is 1. The molecular weight excluding hydrogens is 383 g/mol. The molecule has 1 aromatic rings. The number of piperazine rings is 1. The van der Waals surface area contributed by atoms with Crippen LogP contribution in [0.2, 0.25) is 0 Å². The summed E-state index contributed by atoms with van der Waals surface area (Å²) in [5.41, 5.74) is 0.604. The first-order chi connectivity index (χ1) is 12.0. The predicted octanol–water partition coefficient (Wildman–Crippen LogP) is 3.28. The minimum Gasteiger partial charge on any atom is -0.377 e. The Morgan fingerprint density at radius 1 is 1.07 bits per heavy atom. The van der Waals surface area contributed by atoms with Gasteiger partial charge in [-0.3, -0.25) is 14.6 Å². The van der Waals surface area contributed by atoms with Crippen LogP contribution in [0, 0.1) is 5.92 Å². The van der Waals surface area contributed by atoms with Gasteiger partial charge in [-0.1, -0.05) is 48.9 Å². The van der Waals surface area contributed by atoms with E-state index in [9.17, 15) is 9.90 Å². The largest absolute Gasteiger partial charge is 0.377 e. The SMILES string of the molecule is C=C(C)CN1CCN(CC(=O)C(O)(c2ccccc2)C2CCC2)CC1.Cl.Cl. The van der Waals surface area contributed by atoms with Crippen molar-refractivity contribution in [1.82, 2.24) is 9.80 Å². The fourth-order valence-corrected chi connectivity index (χ4v) is 3.95. The standard InChI is InChI=1S/C21H30N2O2.2ClH/c1-17(2)15-22-11-13-23(14-12-22)16-20(24)21(25,19-9-6-10-19)18-7-4-3-5-8-18;;/h3-5,7-8,19,25H,1,6,9-16H2,2H3;2*1H. The number of hydrogen-bond acceptors (Lipinski definition) is 4. The van der Waals surface area contributed by atoms with E-state index >= 15 is 0 Å². The summed E-state index contributed by atoms with van der Waals surface area (Å²) in [5, 5.41) is 11.4. The molecule has 1 atom stereocenters. The van der Waals surface area contributed by atoms with Crippen LogP contribution in [0.5, 0.6) is 0 Å². The highest BCUT2D eigenvalue weighted by atomic mass is 35.5. The van der Waals surface area contributed by atoms with E-state index in [0.29, 0.717) is 6.54 Å². The van der Waals surface area contributed by atoms with Gasteiger partial charge in [0.1, 0.15) is 0 Å². The number of halogens is 2. The van der Waals surface area contributed by atoms with Crippen LogP contribution >= 0.6 is 24.8 Å². The molecule has 1 aliphatic heterocycles. The Balaban J connectivity index is 0.00000182. The molecule has 0 spiro atoms. The van der Waals surface area contributed by atoms with Crippen LogP contribution < -0.4 is 0 Å². The Morgan fingerprint density at radius 2 is 1.59 bits per heavy atom. The van der Waals surface area contributed by atoms with Crippen molar-refractivity contribution in [1.29, 1.82) is 0 Å². The molecule has 0 radical (unpaired) electrons. The average molecular weight is 415 g/mol. The minimum atomic E-state index is -1.33. The molecule has 1 aliphatic carbocycles. The lowest BCUT2D eigenvalue weighted by Gasteiger charge is -2.42. The lowest BCUT2D eigenvalue weighted by Crippen LogP contribution is -2.53. The van der Waals surface area contributed by atoms with Gasteiger partial charge in [0.25, 0.3) is 0 Å². The number of ketones is 1. The molecule has 0 amide bonds. The summed E-state index contributed by atoms with van der Waals surface area (Å²) in [6, 6.07) is 9.52. The molecule has 6 heteroatoms. The first kappa shape index (κ1) is 24.1. The molecule has 0 bridgehead atoms. The summed E-state index contributed by atoms with van der Waals surface area (Å²) in [6.45, 7) is 10.9. The molecule has 1 aromatic carbocycles. The Bertz CT molecular complexity index is 614. The molecule has 2 fully saturated rings. The highest BCUT2D eigenvalue weighted by molar-refractivity contribution is 5.90. The van der Waals surface area contributed by atoms with Crippen LogP contribution in [0.3, 0.4) is 0 Å². The smallest absolute Gasteiger partial charge is 0.183 e. The van der Waals surface area contributed by atoms with Gasteiger partial charge in [-0.15, -0.1) is 24.8 Å². The molecule has 1 saturated heterocycles. The fraction of sp³-hybridized carbons (Fsp3) is 0.571. The van der Waals surface area contributed by atoms with Gasteiger partial charge in [0.2, 0.25) is 0 Å². The fourth-order valence-electron chi connectivity index (χ4n) is 3.95. The lowest BCUT2D eigenvalue weighted by molar-refractivity contribution is -0.151. The molecule has 2 aliphatic rings. The predicted molar refractivity (Wildman–Crippen MR) is 115 cm³/mol. The Kier molecular flexibility index (Phi) is 9.46. The topological polar surface area (TPSA) is 43.8 Å². The maximum absolute atomic E-state index is 13.1. The number of rotatable bonds is 7. The van der Waals surface area contributed by atoms with Crippen molar-refractivity contribution >= 4 is 30.6 Å². The molecule has 4 nitrogen and oxygen atoms in total. The zero-order chi connectivity index (χ0) is 17.9. The van der Waals surface area contributed by atoms with Gasteiger partial charge >= 0.3 is 0 Å². The average Bonchev–Trinajstić information content (AvgIpc) is 2.55. The first-order valence-electron chi connectivity index (χ1n) is 9.40. The second-order valence-electron chi connectivity index (χ2n) is 7.69. The van der Waals surface area contributed by atoms with E-state index in [1.54, 1.807) is 0 Å². The van der Waals surface area contributed by atoms with Crippen LogP contribution in [0.4, 0.5) is 0 Å². The number of hydrogen-bond donors (Lipinski definition) is 1. The Morgan fingerprint density at radius 3 is 2.04 bits per heavy atom. The maximum atomic E-state index is 13.1. The van der Waals surface area contributed by atoms with Gasteiger partial charge in [0.05, 0.1) is 6.54 Å². The number of carbonyl (C=O) groups excluding carboxylic acids is 1. The lowest BCUT2D eigenvalue weighted by atomic mass is 9.67. The molecule has 0 aromatic heterocycles. The van der Waals surface area contributed by atoms with Crippen LogP contribution in [-0.2, 0) is 10.4 Å². The van der Waals surface area contributed by atoms with Crippen molar-refractivity contribution in [3.05, 3.63) is 48.0 Å². The van der Waals surface area contributed by atoms with E-state index in [4.69, 9.17) is 0 Å². The van der Waals surface area contributed by atoms with Crippen molar-refractivity contribution in [2.45, 2.75) is 31.8 Å². The quantitative estimate of drug-likeness (QED) is 0.695. The van der Waals surface area contributed by atoms with Gasteiger partial charge in [0, 0.05) is 32.7 Å². The summed E-state index contributed by atoms with van der Waals surface area (Å²) in [7, 11) is 0. The third-order valence-corrected chi connectivity index (χ3v) is 5.66. The zero-order valence-corrected chi connectivity index (χ0v) is 17.7. The van der Waals surface area contributed by atoms with E-state index in [0.717, 1.165) is 57.5 Å². The molecule has 1 N–H and O–H groups in total. The monoisotopic (exact) mass is 414 g/mol. The summed E-state index contributed by atoms with van der Waals surface area (Å²) >= 11 is 0. The third kappa shape index (κ3) is 5.55. The number of benzene rings is 1. The second kappa shape index (κ2) is 10.6. The van der Waals surface area contributed by atoms with Gasteiger partial charge in [-0.05, 0) is 31.2 Å². The van der Waals surface area contributed by atoms with Gasteiger partial charge < -0.3 is 5.11 Å². The summed E-state index contributed by atoms with van der Waals surface area (Å²) in [5.74, 6) is 0.0175. The van der Waals surface area contributed by atoms with Gasteiger partial charge in [-0.2, -0.15) is 0 Å². The van der Waals surface area contributed by atoms with E-state index in [2.05, 4.69) is 23.3 Å². The summed E-state index contributed by atoms with van der Waals surface area (Å²) < 4.78 is 0. The van der Waals surface area contributed by atoms with Crippen LogP contribution in [0.25, 0.3) is 0 Å². The molecular formula is C21H32Cl2N2O2.